The standard InChI is InChI=1S/C20H15N3O6/c1-29-13-8-6-12(7-9-13)23-19(27)18(26)22(20(23)28)11-10-21-16(24)14-4-2-3-5-15(14)17(21)25/h2-9H,10-11H2,1H3. The molecule has 1 fully saturated rings. The van der Waals surface area contributed by atoms with Crippen molar-refractivity contribution in [3.05, 3.63) is 59.7 Å². The van der Waals surface area contributed by atoms with Gasteiger partial charge >= 0.3 is 17.8 Å². The predicted molar refractivity (Wildman–Crippen MR) is 99.4 cm³/mol. The summed E-state index contributed by atoms with van der Waals surface area (Å²) in [4.78, 5) is 64.6. The molecule has 4 rings (SSSR count). The molecule has 2 aromatic carbocycles. The molecular weight excluding hydrogens is 378 g/mol. The quantitative estimate of drug-likeness (QED) is 0.431. The second-order valence-corrected chi connectivity index (χ2v) is 6.39. The van der Waals surface area contributed by atoms with Gasteiger partial charge in [-0.3, -0.25) is 29.0 Å². The highest BCUT2D eigenvalue weighted by atomic mass is 16.5. The van der Waals surface area contributed by atoms with Crippen LogP contribution in [0, 0.1) is 0 Å². The van der Waals surface area contributed by atoms with Gasteiger partial charge in [0.05, 0.1) is 23.9 Å². The fourth-order valence-corrected chi connectivity index (χ4v) is 3.30. The Morgan fingerprint density at radius 2 is 1.24 bits per heavy atom. The monoisotopic (exact) mass is 393 g/mol. The van der Waals surface area contributed by atoms with E-state index in [0.29, 0.717) is 5.75 Å². The van der Waals surface area contributed by atoms with Gasteiger partial charge in [0.25, 0.3) is 11.8 Å². The minimum absolute atomic E-state index is 0.201. The van der Waals surface area contributed by atoms with Gasteiger partial charge in [-0.1, -0.05) is 12.1 Å². The van der Waals surface area contributed by atoms with E-state index in [1.54, 1.807) is 24.3 Å². The molecule has 2 aliphatic rings. The van der Waals surface area contributed by atoms with Gasteiger partial charge in [0, 0.05) is 13.1 Å². The van der Waals surface area contributed by atoms with Gasteiger partial charge in [-0.2, -0.15) is 0 Å². The van der Waals surface area contributed by atoms with Crippen LogP contribution in [0.15, 0.2) is 48.5 Å². The number of methoxy groups -OCH3 is 1. The van der Waals surface area contributed by atoms with Crippen molar-refractivity contribution in [3.63, 3.8) is 0 Å². The zero-order chi connectivity index (χ0) is 20.7. The maximum atomic E-state index is 12.7. The molecule has 2 heterocycles. The third-order valence-electron chi connectivity index (χ3n) is 4.81. The number of carbonyl (C=O) groups is 5. The number of carbonyl (C=O) groups excluding carboxylic acids is 5. The highest BCUT2D eigenvalue weighted by Gasteiger charge is 2.46. The smallest absolute Gasteiger partial charge is 0.338 e. The first-order chi connectivity index (χ1) is 13.9. The van der Waals surface area contributed by atoms with E-state index >= 15 is 0 Å². The average molecular weight is 393 g/mol. The summed E-state index contributed by atoms with van der Waals surface area (Å²) >= 11 is 0. The second-order valence-electron chi connectivity index (χ2n) is 6.39. The molecule has 0 spiro atoms. The Hall–Kier alpha value is -4.01. The first-order valence-corrected chi connectivity index (χ1v) is 8.73. The predicted octanol–water partition coefficient (Wildman–Crippen LogP) is 1.29. The van der Waals surface area contributed by atoms with Gasteiger partial charge in [0.1, 0.15) is 5.75 Å². The molecule has 146 valence electrons. The summed E-state index contributed by atoms with van der Waals surface area (Å²) < 4.78 is 5.03. The molecular formula is C20H15N3O6. The lowest BCUT2D eigenvalue weighted by Crippen LogP contribution is -2.41. The maximum absolute atomic E-state index is 12.7. The van der Waals surface area contributed by atoms with Crippen LogP contribution in [0.2, 0.25) is 0 Å². The molecule has 0 bridgehead atoms. The summed E-state index contributed by atoms with van der Waals surface area (Å²) in [5.41, 5.74) is 0.761. The van der Waals surface area contributed by atoms with Crippen molar-refractivity contribution in [1.82, 2.24) is 9.80 Å². The minimum Gasteiger partial charge on any atom is -0.497 e. The van der Waals surface area contributed by atoms with E-state index < -0.39 is 29.7 Å². The number of anilines is 1. The van der Waals surface area contributed by atoms with Gasteiger partial charge < -0.3 is 4.74 Å². The highest BCUT2D eigenvalue weighted by Crippen LogP contribution is 2.26. The molecule has 0 N–H and O–H groups in total. The number of imide groups is 3. The topological polar surface area (TPSA) is 104 Å². The molecule has 9 nitrogen and oxygen atoms in total. The number of benzene rings is 2. The zero-order valence-corrected chi connectivity index (χ0v) is 15.3. The summed E-state index contributed by atoms with van der Waals surface area (Å²) in [5.74, 6) is -2.47. The lowest BCUT2D eigenvalue weighted by molar-refractivity contribution is -0.139. The van der Waals surface area contributed by atoms with Crippen LogP contribution < -0.4 is 9.64 Å². The van der Waals surface area contributed by atoms with Crippen LogP contribution in [-0.2, 0) is 9.59 Å². The number of urea groups is 1. The number of rotatable bonds is 5. The fourth-order valence-electron chi connectivity index (χ4n) is 3.30. The summed E-state index contributed by atoms with van der Waals surface area (Å²) in [5, 5.41) is 0. The molecule has 29 heavy (non-hydrogen) atoms. The molecule has 0 aromatic heterocycles. The lowest BCUT2D eigenvalue weighted by atomic mass is 10.1. The molecule has 2 aromatic rings. The Morgan fingerprint density at radius 1 is 0.690 bits per heavy atom. The van der Waals surface area contributed by atoms with Crippen molar-refractivity contribution in [2.24, 2.45) is 0 Å². The second kappa shape index (κ2) is 6.86. The molecule has 0 saturated carbocycles. The van der Waals surface area contributed by atoms with Crippen molar-refractivity contribution in [2.45, 2.75) is 0 Å². The molecule has 0 unspecified atom stereocenters. The van der Waals surface area contributed by atoms with Crippen molar-refractivity contribution in [3.8, 4) is 5.75 Å². The zero-order valence-electron chi connectivity index (χ0n) is 15.3. The molecule has 0 radical (unpaired) electrons. The summed E-state index contributed by atoms with van der Waals surface area (Å²) in [6.07, 6.45) is 0. The third-order valence-corrected chi connectivity index (χ3v) is 4.81. The van der Waals surface area contributed by atoms with Crippen LogP contribution in [0.1, 0.15) is 20.7 Å². The van der Waals surface area contributed by atoms with Crippen molar-refractivity contribution < 1.29 is 28.7 Å². The van der Waals surface area contributed by atoms with Gasteiger partial charge in [0.2, 0.25) is 0 Å². The summed E-state index contributed by atoms with van der Waals surface area (Å²) in [7, 11) is 1.48. The average Bonchev–Trinajstić information content (AvgIpc) is 3.11. The van der Waals surface area contributed by atoms with E-state index in [2.05, 4.69) is 0 Å². The Kier molecular flexibility index (Phi) is 4.34. The molecule has 0 atom stereocenters. The van der Waals surface area contributed by atoms with Crippen molar-refractivity contribution in [2.75, 3.05) is 25.1 Å². The molecule has 9 heteroatoms. The Balaban J connectivity index is 1.50. The first kappa shape index (κ1) is 18.4. The number of hydrogen-bond donors (Lipinski definition) is 0. The molecule has 2 aliphatic heterocycles. The summed E-state index contributed by atoms with van der Waals surface area (Å²) in [6.45, 7) is -0.477. The Labute approximate surface area is 165 Å². The van der Waals surface area contributed by atoms with Crippen molar-refractivity contribution in [1.29, 1.82) is 0 Å². The van der Waals surface area contributed by atoms with Gasteiger partial charge in [0.15, 0.2) is 0 Å². The Bertz CT molecular complexity index is 1030. The number of amides is 6. The largest absolute Gasteiger partial charge is 0.497 e. The minimum atomic E-state index is -1.01. The number of hydrogen-bond acceptors (Lipinski definition) is 6. The summed E-state index contributed by atoms with van der Waals surface area (Å²) in [6, 6.07) is 11.6. The van der Waals surface area contributed by atoms with Gasteiger partial charge in [-0.15, -0.1) is 0 Å². The first-order valence-electron chi connectivity index (χ1n) is 8.73. The Morgan fingerprint density at radius 3 is 1.79 bits per heavy atom. The third kappa shape index (κ3) is 2.83. The molecule has 0 aliphatic carbocycles. The van der Waals surface area contributed by atoms with E-state index in [1.807, 2.05) is 0 Å². The van der Waals surface area contributed by atoms with E-state index in [-0.39, 0.29) is 29.9 Å². The lowest BCUT2D eigenvalue weighted by Gasteiger charge is -2.19. The number of nitrogens with zero attached hydrogens (tertiary/aromatic N) is 3. The number of ether oxygens (including phenoxy) is 1. The SMILES string of the molecule is COc1ccc(N2C(=O)C(=O)N(CCN3C(=O)c4ccccc4C3=O)C2=O)cc1. The normalized spacial score (nSPS) is 16.2. The van der Waals surface area contributed by atoms with Gasteiger partial charge in [-0.25, -0.2) is 9.69 Å². The van der Waals surface area contributed by atoms with Crippen LogP contribution in [0.3, 0.4) is 0 Å². The van der Waals surface area contributed by atoms with Crippen LogP contribution in [-0.4, -0.2) is 59.7 Å². The van der Waals surface area contributed by atoms with Crippen molar-refractivity contribution >= 4 is 35.3 Å². The van der Waals surface area contributed by atoms with E-state index in [0.717, 1.165) is 14.7 Å². The highest BCUT2D eigenvalue weighted by molar-refractivity contribution is 6.52. The van der Waals surface area contributed by atoms with Crippen LogP contribution in [0.25, 0.3) is 0 Å². The van der Waals surface area contributed by atoms with Crippen LogP contribution in [0.4, 0.5) is 10.5 Å². The van der Waals surface area contributed by atoms with E-state index in [4.69, 9.17) is 4.74 Å². The van der Waals surface area contributed by atoms with E-state index in [9.17, 15) is 24.0 Å². The molecule has 6 amide bonds. The van der Waals surface area contributed by atoms with E-state index in [1.165, 1.54) is 31.4 Å². The van der Waals surface area contributed by atoms with Crippen LogP contribution >= 0.6 is 0 Å². The molecule has 1 saturated heterocycles. The van der Waals surface area contributed by atoms with Crippen LogP contribution in [0.5, 0.6) is 5.75 Å². The van der Waals surface area contributed by atoms with Gasteiger partial charge in [-0.05, 0) is 36.4 Å². The fraction of sp³-hybridized carbons (Fsp3) is 0.150. The number of fused-ring (bicyclic) bond motifs is 1. The maximum Gasteiger partial charge on any atom is 0.338 e.